The van der Waals surface area contributed by atoms with Gasteiger partial charge in [0.25, 0.3) is 5.91 Å². The predicted molar refractivity (Wildman–Crippen MR) is 97.5 cm³/mol. The second-order valence-electron chi connectivity index (χ2n) is 6.43. The summed E-state index contributed by atoms with van der Waals surface area (Å²) in [7, 11) is 1.66. The van der Waals surface area contributed by atoms with Crippen LogP contribution >= 0.6 is 0 Å². The maximum atomic E-state index is 13.3. The van der Waals surface area contributed by atoms with Gasteiger partial charge in [-0.3, -0.25) is 9.59 Å². The van der Waals surface area contributed by atoms with Gasteiger partial charge in [0, 0.05) is 30.3 Å². The van der Waals surface area contributed by atoms with Crippen molar-refractivity contribution < 1.29 is 14.0 Å². The first-order valence-electron chi connectivity index (χ1n) is 8.32. The number of hydrogen-bond acceptors (Lipinski definition) is 2. The van der Waals surface area contributed by atoms with Gasteiger partial charge in [0.2, 0.25) is 0 Å². The molecular weight excluding hydrogens is 329 g/mol. The SMILES string of the molecule is CN(Cc1cccc(F)c1)C(=O)c1ccc2c(c1)C(=O)c1ccccc1-2. The van der Waals surface area contributed by atoms with Gasteiger partial charge in [0.05, 0.1) is 0 Å². The normalized spacial score (nSPS) is 11.8. The third-order valence-corrected chi connectivity index (χ3v) is 4.63. The van der Waals surface area contributed by atoms with E-state index in [-0.39, 0.29) is 17.5 Å². The average Bonchev–Trinajstić information content (AvgIpc) is 2.93. The summed E-state index contributed by atoms with van der Waals surface area (Å²) in [4.78, 5) is 26.8. The molecule has 0 radical (unpaired) electrons. The van der Waals surface area contributed by atoms with Crippen LogP contribution in [0, 0.1) is 5.82 Å². The van der Waals surface area contributed by atoms with Crippen molar-refractivity contribution in [3.63, 3.8) is 0 Å². The lowest BCUT2D eigenvalue weighted by Gasteiger charge is -2.18. The van der Waals surface area contributed by atoms with Gasteiger partial charge in [-0.05, 0) is 41.0 Å². The number of carbonyl (C=O) groups is 2. The van der Waals surface area contributed by atoms with Crippen LogP contribution in [0.5, 0.6) is 0 Å². The second kappa shape index (κ2) is 6.23. The zero-order chi connectivity index (χ0) is 18.3. The van der Waals surface area contributed by atoms with Gasteiger partial charge < -0.3 is 4.90 Å². The number of nitrogens with zero attached hydrogens (tertiary/aromatic N) is 1. The summed E-state index contributed by atoms with van der Waals surface area (Å²) < 4.78 is 13.3. The molecule has 0 aromatic heterocycles. The molecule has 26 heavy (non-hydrogen) atoms. The summed E-state index contributed by atoms with van der Waals surface area (Å²) in [6.45, 7) is 0.294. The monoisotopic (exact) mass is 345 g/mol. The second-order valence-corrected chi connectivity index (χ2v) is 6.43. The Kier molecular flexibility index (Phi) is 3.88. The van der Waals surface area contributed by atoms with Crippen molar-refractivity contribution in [1.29, 1.82) is 0 Å². The van der Waals surface area contributed by atoms with E-state index < -0.39 is 0 Å². The zero-order valence-electron chi connectivity index (χ0n) is 14.2. The first-order valence-corrected chi connectivity index (χ1v) is 8.32. The highest BCUT2D eigenvalue weighted by molar-refractivity contribution is 6.22. The van der Waals surface area contributed by atoms with Crippen LogP contribution in [0.1, 0.15) is 31.8 Å². The fraction of sp³-hybridized carbons (Fsp3) is 0.0909. The van der Waals surface area contributed by atoms with Crippen molar-refractivity contribution in [2.75, 3.05) is 7.05 Å². The average molecular weight is 345 g/mol. The minimum absolute atomic E-state index is 0.0574. The predicted octanol–water partition coefficient (Wildman–Crippen LogP) is 4.31. The number of ketones is 1. The molecule has 3 aromatic rings. The number of fused-ring (bicyclic) bond motifs is 3. The molecule has 0 bridgehead atoms. The van der Waals surface area contributed by atoms with E-state index in [1.165, 1.54) is 17.0 Å². The fourth-order valence-corrected chi connectivity index (χ4v) is 3.36. The molecule has 0 spiro atoms. The van der Waals surface area contributed by atoms with Crippen molar-refractivity contribution in [3.8, 4) is 11.1 Å². The largest absolute Gasteiger partial charge is 0.337 e. The van der Waals surface area contributed by atoms with Crippen LogP contribution in [0.2, 0.25) is 0 Å². The minimum Gasteiger partial charge on any atom is -0.337 e. The molecular formula is C22H16FNO2. The van der Waals surface area contributed by atoms with Crippen molar-refractivity contribution >= 4 is 11.7 Å². The number of rotatable bonds is 3. The van der Waals surface area contributed by atoms with Crippen LogP contribution in [0.15, 0.2) is 66.7 Å². The first-order chi connectivity index (χ1) is 12.5. The summed E-state index contributed by atoms with van der Waals surface area (Å²) in [6, 6.07) is 18.8. The fourth-order valence-electron chi connectivity index (χ4n) is 3.36. The van der Waals surface area contributed by atoms with E-state index in [2.05, 4.69) is 0 Å². The molecule has 0 unspecified atom stereocenters. The van der Waals surface area contributed by atoms with Crippen LogP contribution in [-0.4, -0.2) is 23.6 Å². The Balaban J connectivity index is 1.61. The van der Waals surface area contributed by atoms with Gasteiger partial charge in [-0.15, -0.1) is 0 Å². The molecule has 0 fully saturated rings. The van der Waals surface area contributed by atoms with Gasteiger partial charge >= 0.3 is 0 Å². The van der Waals surface area contributed by atoms with Crippen molar-refractivity contribution in [2.24, 2.45) is 0 Å². The summed E-state index contributed by atoms with van der Waals surface area (Å²) in [5.74, 6) is -0.594. The lowest BCUT2D eigenvalue weighted by atomic mass is 10.0. The molecule has 128 valence electrons. The highest BCUT2D eigenvalue weighted by Gasteiger charge is 2.27. The molecule has 0 aliphatic heterocycles. The molecule has 3 aromatic carbocycles. The maximum absolute atomic E-state index is 13.3. The van der Waals surface area contributed by atoms with Crippen LogP contribution in [0.4, 0.5) is 4.39 Å². The van der Waals surface area contributed by atoms with E-state index in [0.29, 0.717) is 28.8 Å². The van der Waals surface area contributed by atoms with Crippen LogP contribution < -0.4 is 0 Å². The molecule has 0 saturated carbocycles. The Bertz CT molecular complexity index is 1040. The van der Waals surface area contributed by atoms with Crippen LogP contribution in [0.25, 0.3) is 11.1 Å². The van der Waals surface area contributed by atoms with Gasteiger partial charge in [-0.1, -0.05) is 42.5 Å². The van der Waals surface area contributed by atoms with Gasteiger partial charge in [-0.25, -0.2) is 4.39 Å². The third-order valence-electron chi connectivity index (χ3n) is 4.63. The Morgan fingerprint density at radius 2 is 1.62 bits per heavy atom. The van der Waals surface area contributed by atoms with Crippen molar-refractivity contribution in [2.45, 2.75) is 6.54 Å². The molecule has 4 rings (SSSR count). The third kappa shape index (κ3) is 2.69. The number of halogens is 1. The number of amides is 1. The van der Waals surface area contributed by atoms with Gasteiger partial charge in [0.15, 0.2) is 5.78 Å². The van der Waals surface area contributed by atoms with E-state index in [1.807, 2.05) is 24.3 Å². The maximum Gasteiger partial charge on any atom is 0.253 e. The summed E-state index contributed by atoms with van der Waals surface area (Å²) in [5, 5.41) is 0. The summed E-state index contributed by atoms with van der Waals surface area (Å²) in [6.07, 6.45) is 0. The van der Waals surface area contributed by atoms with Gasteiger partial charge in [-0.2, -0.15) is 0 Å². The summed E-state index contributed by atoms with van der Waals surface area (Å²) >= 11 is 0. The molecule has 0 heterocycles. The van der Waals surface area contributed by atoms with E-state index in [9.17, 15) is 14.0 Å². The molecule has 1 aliphatic rings. The topological polar surface area (TPSA) is 37.4 Å². The molecule has 3 nitrogen and oxygen atoms in total. The van der Waals surface area contributed by atoms with Crippen molar-refractivity contribution in [3.05, 3.63) is 94.8 Å². The lowest BCUT2D eigenvalue weighted by Crippen LogP contribution is -2.26. The number of carbonyl (C=O) groups excluding carboxylic acids is 2. The highest BCUT2D eigenvalue weighted by Crippen LogP contribution is 2.36. The number of benzene rings is 3. The smallest absolute Gasteiger partial charge is 0.253 e. The number of hydrogen-bond donors (Lipinski definition) is 0. The molecule has 1 aliphatic carbocycles. The molecule has 0 atom stereocenters. The van der Waals surface area contributed by atoms with Crippen molar-refractivity contribution in [1.82, 2.24) is 4.90 Å². The molecule has 0 N–H and O–H groups in total. The first kappa shape index (κ1) is 16.2. The molecule has 0 saturated heterocycles. The van der Waals surface area contributed by atoms with Crippen LogP contribution in [0.3, 0.4) is 0 Å². The van der Waals surface area contributed by atoms with Gasteiger partial charge in [0.1, 0.15) is 5.82 Å². The van der Waals surface area contributed by atoms with E-state index >= 15 is 0 Å². The molecule has 1 amide bonds. The lowest BCUT2D eigenvalue weighted by molar-refractivity contribution is 0.0785. The standard InChI is InChI=1S/C22H16FNO2/c1-24(13-14-5-4-6-16(23)11-14)22(26)15-9-10-18-17-7-2-3-8-19(17)21(25)20(18)12-15/h2-12H,13H2,1H3. The Morgan fingerprint density at radius 3 is 2.38 bits per heavy atom. The van der Waals surface area contributed by atoms with E-state index in [0.717, 1.165) is 11.1 Å². The highest BCUT2D eigenvalue weighted by atomic mass is 19.1. The molecule has 4 heteroatoms. The Hall–Kier alpha value is -3.27. The van der Waals surface area contributed by atoms with Crippen LogP contribution in [-0.2, 0) is 6.54 Å². The summed E-state index contributed by atoms with van der Waals surface area (Å²) in [5.41, 5.74) is 4.14. The van der Waals surface area contributed by atoms with E-state index in [4.69, 9.17) is 0 Å². The Labute approximate surface area is 150 Å². The minimum atomic E-state index is -0.329. The Morgan fingerprint density at radius 1 is 0.885 bits per heavy atom. The zero-order valence-corrected chi connectivity index (χ0v) is 14.2. The van der Waals surface area contributed by atoms with E-state index in [1.54, 1.807) is 37.4 Å². The quantitative estimate of drug-likeness (QED) is 0.555.